The molecule has 1 fully saturated rings. The third-order valence-electron chi connectivity index (χ3n) is 4.53. The van der Waals surface area contributed by atoms with Gasteiger partial charge >= 0.3 is 6.15 Å². The van der Waals surface area contributed by atoms with Crippen molar-refractivity contribution in [3.8, 4) is 0 Å². The van der Waals surface area contributed by atoms with Crippen LogP contribution < -0.4 is 4.90 Å². The summed E-state index contributed by atoms with van der Waals surface area (Å²) in [7, 11) is 2.16. The Labute approximate surface area is 135 Å². The van der Waals surface area contributed by atoms with Crippen molar-refractivity contribution in [1.82, 2.24) is 9.97 Å². The molecule has 6 heteroatoms. The molecule has 0 aliphatic heterocycles. The normalized spacial score (nSPS) is 20.5. The zero-order valence-corrected chi connectivity index (χ0v) is 13.6. The molecule has 0 aromatic carbocycles. The molecule has 1 aliphatic carbocycles. The summed E-state index contributed by atoms with van der Waals surface area (Å²) in [4.78, 5) is 26.3. The Hall–Kier alpha value is -2.17. The van der Waals surface area contributed by atoms with Gasteiger partial charge in [0.1, 0.15) is 5.65 Å². The molecule has 0 spiro atoms. The smallest absolute Gasteiger partial charge is 0.373 e. The van der Waals surface area contributed by atoms with Crippen LogP contribution >= 0.6 is 0 Å². The number of nitrogens with zero attached hydrogens (tertiary/aromatic N) is 2. The van der Waals surface area contributed by atoms with Gasteiger partial charge in [0.2, 0.25) is 0 Å². The van der Waals surface area contributed by atoms with E-state index in [1.165, 1.54) is 16.6 Å². The van der Waals surface area contributed by atoms with Crippen molar-refractivity contribution in [2.45, 2.75) is 51.2 Å². The van der Waals surface area contributed by atoms with Gasteiger partial charge in [0.25, 0.3) is 0 Å². The zero-order valence-electron chi connectivity index (χ0n) is 13.6. The van der Waals surface area contributed by atoms with Crippen LogP contribution in [-0.2, 0) is 16.0 Å². The summed E-state index contributed by atoms with van der Waals surface area (Å²) in [5.41, 5.74) is 3.50. The molecule has 3 rings (SSSR count). The number of aliphatic hydroxyl groups is 1. The van der Waals surface area contributed by atoms with E-state index < -0.39 is 0 Å². The van der Waals surface area contributed by atoms with Gasteiger partial charge in [-0.2, -0.15) is 9.59 Å². The summed E-state index contributed by atoms with van der Waals surface area (Å²) in [6, 6.07) is 2.52. The number of carbonyl (C=O) groups excluding carboxylic acids is 2. The molecule has 124 valence electrons. The highest BCUT2D eigenvalue weighted by Crippen LogP contribution is 2.33. The van der Waals surface area contributed by atoms with Gasteiger partial charge in [-0.05, 0) is 43.7 Å². The molecule has 0 amide bonds. The molecule has 0 unspecified atom stereocenters. The number of pyridine rings is 1. The van der Waals surface area contributed by atoms with Crippen molar-refractivity contribution >= 4 is 22.9 Å². The number of aromatic nitrogens is 2. The lowest BCUT2D eigenvalue weighted by Crippen LogP contribution is -2.38. The Morgan fingerprint density at radius 2 is 2.17 bits per heavy atom. The van der Waals surface area contributed by atoms with Crippen LogP contribution in [0.15, 0.2) is 18.5 Å². The molecule has 0 radical (unpaired) electrons. The Kier molecular flexibility index (Phi) is 5.90. The lowest BCUT2D eigenvalue weighted by atomic mass is 9.91. The molecule has 2 heterocycles. The maximum Gasteiger partial charge on any atom is 0.373 e. The van der Waals surface area contributed by atoms with Gasteiger partial charge in [0, 0.05) is 30.9 Å². The molecular formula is C17H23N3O3. The summed E-state index contributed by atoms with van der Waals surface area (Å²) >= 11 is 0. The summed E-state index contributed by atoms with van der Waals surface area (Å²) < 4.78 is 0. The first kappa shape index (κ1) is 17.2. The molecule has 2 aromatic heterocycles. The minimum atomic E-state index is -0.148. The van der Waals surface area contributed by atoms with Crippen LogP contribution in [0.3, 0.4) is 0 Å². The number of nitrogens with one attached hydrogen (secondary N) is 1. The Morgan fingerprint density at radius 1 is 1.43 bits per heavy atom. The molecule has 0 saturated heterocycles. The molecule has 2 aromatic rings. The highest BCUT2D eigenvalue weighted by Gasteiger charge is 2.26. The molecule has 6 nitrogen and oxygen atoms in total. The van der Waals surface area contributed by atoms with Crippen molar-refractivity contribution in [3.63, 3.8) is 0 Å². The molecule has 23 heavy (non-hydrogen) atoms. The van der Waals surface area contributed by atoms with Gasteiger partial charge in [0.15, 0.2) is 0 Å². The molecule has 1 aliphatic rings. The number of aryl methyl sites for hydroxylation is 1. The first-order valence-corrected chi connectivity index (χ1v) is 7.97. The SMILES string of the molecule is CCc1cnc2[nH]ccc2c1N(C)[C@H]1CCC[C@@H](O)C1.O=C=O. The minimum Gasteiger partial charge on any atom is -0.393 e. The van der Waals surface area contributed by atoms with E-state index in [-0.39, 0.29) is 12.3 Å². The summed E-state index contributed by atoms with van der Waals surface area (Å²) in [5, 5.41) is 11.1. The first-order valence-electron chi connectivity index (χ1n) is 7.97. The number of anilines is 1. The summed E-state index contributed by atoms with van der Waals surface area (Å²) in [6.45, 7) is 2.17. The summed E-state index contributed by atoms with van der Waals surface area (Å²) in [6.07, 6.45) is 9.08. The van der Waals surface area contributed by atoms with Crippen molar-refractivity contribution in [2.24, 2.45) is 0 Å². The number of rotatable bonds is 3. The Bertz CT molecular complexity index is 677. The molecular weight excluding hydrogens is 294 g/mol. The topological polar surface area (TPSA) is 86.3 Å². The highest BCUT2D eigenvalue weighted by molar-refractivity contribution is 5.91. The summed E-state index contributed by atoms with van der Waals surface area (Å²) in [5.74, 6) is 0. The van der Waals surface area contributed by atoms with E-state index in [1.807, 2.05) is 12.4 Å². The van der Waals surface area contributed by atoms with Crippen LogP contribution in [0.2, 0.25) is 0 Å². The van der Waals surface area contributed by atoms with Crippen molar-refractivity contribution in [3.05, 3.63) is 24.0 Å². The Morgan fingerprint density at radius 3 is 2.83 bits per heavy atom. The quantitative estimate of drug-likeness (QED) is 0.907. The maximum atomic E-state index is 9.93. The van der Waals surface area contributed by atoms with E-state index in [0.717, 1.165) is 37.8 Å². The van der Waals surface area contributed by atoms with Crippen molar-refractivity contribution < 1.29 is 14.7 Å². The van der Waals surface area contributed by atoms with E-state index in [9.17, 15) is 5.11 Å². The van der Waals surface area contributed by atoms with Gasteiger partial charge in [-0.15, -0.1) is 0 Å². The van der Waals surface area contributed by atoms with Gasteiger partial charge < -0.3 is 15.0 Å². The number of aromatic amines is 1. The van der Waals surface area contributed by atoms with Crippen LogP contribution in [0.5, 0.6) is 0 Å². The lowest BCUT2D eigenvalue weighted by Gasteiger charge is -2.36. The largest absolute Gasteiger partial charge is 0.393 e. The number of hydrogen-bond donors (Lipinski definition) is 2. The fourth-order valence-corrected chi connectivity index (χ4v) is 3.38. The van der Waals surface area contributed by atoms with Crippen LogP contribution in [0.1, 0.15) is 38.2 Å². The predicted octanol–water partition coefficient (Wildman–Crippen LogP) is 2.28. The highest BCUT2D eigenvalue weighted by atomic mass is 16.3. The van der Waals surface area contributed by atoms with E-state index in [4.69, 9.17) is 9.59 Å². The first-order chi connectivity index (χ1) is 11.1. The van der Waals surface area contributed by atoms with Gasteiger partial charge in [0.05, 0.1) is 11.8 Å². The van der Waals surface area contributed by atoms with E-state index in [0.29, 0.717) is 6.04 Å². The number of hydrogen-bond acceptors (Lipinski definition) is 5. The second-order valence-corrected chi connectivity index (χ2v) is 5.89. The van der Waals surface area contributed by atoms with Crippen LogP contribution in [0, 0.1) is 0 Å². The molecule has 1 saturated carbocycles. The van der Waals surface area contributed by atoms with Gasteiger partial charge in [-0.1, -0.05) is 6.92 Å². The molecule has 0 bridgehead atoms. The van der Waals surface area contributed by atoms with E-state index >= 15 is 0 Å². The third kappa shape index (κ3) is 3.78. The van der Waals surface area contributed by atoms with E-state index in [1.54, 1.807) is 0 Å². The third-order valence-corrected chi connectivity index (χ3v) is 4.53. The average Bonchev–Trinajstić information content (AvgIpc) is 3.02. The average molecular weight is 317 g/mol. The van der Waals surface area contributed by atoms with Gasteiger partial charge in [-0.25, -0.2) is 4.98 Å². The van der Waals surface area contributed by atoms with Gasteiger partial charge in [-0.3, -0.25) is 0 Å². The fourth-order valence-electron chi connectivity index (χ4n) is 3.38. The van der Waals surface area contributed by atoms with Crippen LogP contribution in [-0.4, -0.2) is 40.4 Å². The van der Waals surface area contributed by atoms with Crippen LogP contribution in [0.4, 0.5) is 5.69 Å². The number of fused-ring (bicyclic) bond motifs is 1. The zero-order chi connectivity index (χ0) is 16.8. The lowest BCUT2D eigenvalue weighted by molar-refractivity contribution is -0.191. The second-order valence-electron chi connectivity index (χ2n) is 5.89. The maximum absolute atomic E-state index is 9.93. The number of aliphatic hydroxyl groups excluding tert-OH is 1. The predicted molar refractivity (Wildman–Crippen MR) is 87.1 cm³/mol. The minimum absolute atomic E-state index is 0.148. The standard InChI is InChI=1S/C16H23N3O.CO2/c1-3-11-10-18-16-14(7-8-17-16)15(11)19(2)12-5-4-6-13(20)9-12;2-1-3/h7-8,10,12-13,20H,3-6,9H2,1-2H3,(H,17,18);/t12-,13+;/m0./s1. The number of H-pyrrole nitrogens is 1. The van der Waals surface area contributed by atoms with E-state index in [2.05, 4.69) is 34.9 Å². The monoisotopic (exact) mass is 317 g/mol. The molecule has 2 N–H and O–H groups in total. The fraction of sp³-hybridized carbons (Fsp3) is 0.529. The molecule has 2 atom stereocenters. The second kappa shape index (κ2) is 7.90. The van der Waals surface area contributed by atoms with Crippen molar-refractivity contribution in [1.29, 1.82) is 0 Å². The van der Waals surface area contributed by atoms with Crippen LogP contribution in [0.25, 0.3) is 11.0 Å². The Balaban J connectivity index is 0.000000595. The van der Waals surface area contributed by atoms with Crippen molar-refractivity contribution in [2.75, 3.05) is 11.9 Å².